The fourth-order valence-electron chi connectivity index (χ4n) is 2.91. The summed E-state index contributed by atoms with van der Waals surface area (Å²) < 4.78 is 12.5. The third-order valence-corrected chi connectivity index (χ3v) is 4.12. The van der Waals surface area contributed by atoms with Gasteiger partial charge in [-0.25, -0.2) is 9.97 Å². The van der Waals surface area contributed by atoms with E-state index in [2.05, 4.69) is 20.4 Å². The highest BCUT2D eigenvalue weighted by molar-refractivity contribution is 5.93. The number of nitrogens with one attached hydrogen (secondary N) is 1. The van der Waals surface area contributed by atoms with E-state index in [0.29, 0.717) is 31.1 Å². The maximum atomic E-state index is 12.5. The minimum absolute atomic E-state index is 0.0827. The maximum Gasteiger partial charge on any atom is 0.271 e. The number of hydrogen-bond donors (Lipinski definition) is 1. The van der Waals surface area contributed by atoms with E-state index in [1.54, 1.807) is 29.1 Å². The lowest BCUT2D eigenvalue weighted by molar-refractivity contribution is 0.0920. The van der Waals surface area contributed by atoms with E-state index in [-0.39, 0.29) is 17.9 Å². The van der Waals surface area contributed by atoms with E-state index in [9.17, 15) is 4.79 Å². The first kappa shape index (κ1) is 14.8. The van der Waals surface area contributed by atoms with Crippen molar-refractivity contribution in [3.63, 3.8) is 0 Å². The Morgan fingerprint density at radius 3 is 3.17 bits per heavy atom. The summed E-state index contributed by atoms with van der Waals surface area (Å²) >= 11 is 0. The first-order chi connectivity index (χ1) is 11.7. The van der Waals surface area contributed by atoms with Crippen LogP contribution in [0.4, 0.5) is 0 Å². The smallest absolute Gasteiger partial charge is 0.271 e. The minimum Gasteiger partial charge on any atom is -0.379 e. The topological polar surface area (TPSA) is 94.5 Å². The van der Waals surface area contributed by atoms with Crippen LogP contribution in [0.25, 0.3) is 5.78 Å². The number of amides is 1. The van der Waals surface area contributed by atoms with Gasteiger partial charge in [-0.2, -0.15) is 0 Å². The minimum atomic E-state index is -0.227. The van der Waals surface area contributed by atoms with Crippen molar-refractivity contribution >= 4 is 11.7 Å². The first-order valence-corrected chi connectivity index (χ1v) is 7.79. The van der Waals surface area contributed by atoms with E-state index in [0.717, 1.165) is 11.5 Å². The molecular formula is C16H17N5O3. The van der Waals surface area contributed by atoms with E-state index in [1.165, 1.54) is 0 Å². The summed E-state index contributed by atoms with van der Waals surface area (Å²) in [6, 6.07) is 3.61. The molecule has 3 aromatic heterocycles. The third-order valence-electron chi connectivity index (χ3n) is 4.12. The Morgan fingerprint density at radius 1 is 1.46 bits per heavy atom. The number of nitrogens with zero attached hydrogens (tertiary/aromatic N) is 4. The molecule has 0 saturated carbocycles. The van der Waals surface area contributed by atoms with Gasteiger partial charge >= 0.3 is 0 Å². The molecular weight excluding hydrogens is 310 g/mol. The summed E-state index contributed by atoms with van der Waals surface area (Å²) in [7, 11) is 0. The van der Waals surface area contributed by atoms with Crippen LogP contribution in [-0.4, -0.2) is 44.7 Å². The van der Waals surface area contributed by atoms with Crippen LogP contribution < -0.4 is 5.32 Å². The normalized spacial score (nSPS) is 20.5. The number of carbonyl (C=O) groups excluding carboxylic acids is 1. The Kier molecular flexibility index (Phi) is 3.73. The van der Waals surface area contributed by atoms with E-state index in [1.807, 2.05) is 13.0 Å². The Bertz CT molecular complexity index is 838. The summed E-state index contributed by atoms with van der Waals surface area (Å²) in [5.41, 5.74) is 1.19. The quantitative estimate of drug-likeness (QED) is 0.768. The number of rotatable bonds is 4. The molecule has 1 fully saturated rings. The van der Waals surface area contributed by atoms with Crippen molar-refractivity contribution in [2.24, 2.45) is 5.92 Å². The molecule has 1 aliphatic heterocycles. The maximum absolute atomic E-state index is 12.5. The molecule has 1 saturated heterocycles. The van der Waals surface area contributed by atoms with Crippen LogP contribution in [-0.2, 0) is 11.2 Å². The van der Waals surface area contributed by atoms with Crippen LogP contribution in [0.5, 0.6) is 0 Å². The van der Waals surface area contributed by atoms with Gasteiger partial charge in [-0.05, 0) is 13.0 Å². The van der Waals surface area contributed by atoms with Gasteiger partial charge in [0.1, 0.15) is 11.5 Å². The summed E-state index contributed by atoms with van der Waals surface area (Å²) in [5, 5.41) is 6.90. The van der Waals surface area contributed by atoms with Gasteiger partial charge in [0.15, 0.2) is 0 Å². The van der Waals surface area contributed by atoms with Crippen molar-refractivity contribution in [2.75, 3.05) is 13.2 Å². The van der Waals surface area contributed by atoms with Gasteiger partial charge < -0.3 is 14.6 Å². The predicted molar refractivity (Wildman–Crippen MR) is 83.5 cm³/mol. The molecule has 24 heavy (non-hydrogen) atoms. The second-order valence-corrected chi connectivity index (χ2v) is 5.97. The van der Waals surface area contributed by atoms with Gasteiger partial charge in [0.25, 0.3) is 5.91 Å². The molecule has 8 heteroatoms. The molecule has 2 atom stereocenters. The van der Waals surface area contributed by atoms with Crippen molar-refractivity contribution < 1.29 is 14.1 Å². The Hall–Kier alpha value is -2.74. The summed E-state index contributed by atoms with van der Waals surface area (Å²) in [6.45, 7) is 2.95. The van der Waals surface area contributed by atoms with Gasteiger partial charge in [-0.3, -0.25) is 9.20 Å². The predicted octanol–water partition coefficient (Wildman–Crippen LogP) is 1.01. The number of hydrogen-bond acceptors (Lipinski definition) is 6. The molecule has 1 aliphatic rings. The van der Waals surface area contributed by atoms with E-state index in [4.69, 9.17) is 9.26 Å². The van der Waals surface area contributed by atoms with Gasteiger partial charge in [-0.1, -0.05) is 5.16 Å². The number of ether oxygens (including phenoxy) is 1. The Labute approximate surface area is 137 Å². The van der Waals surface area contributed by atoms with E-state index < -0.39 is 0 Å². The molecule has 0 spiro atoms. The highest BCUT2D eigenvalue weighted by Gasteiger charge is 2.31. The fourth-order valence-corrected chi connectivity index (χ4v) is 2.91. The first-order valence-electron chi connectivity index (χ1n) is 7.79. The molecule has 3 aromatic rings. The summed E-state index contributed by atoms with van der Waals surface area (Å²) in [5.74, 6) is 1.23. The van der Waals surface area contributed by atoms with Crippen LogP contribution in [0.15, 0.2) is 35.2 Å². The molecule has 1 amide bonds. The van der Waals surface area contributed by atoms with Crippen molar-refractivity contribution in [3.8, 4) is 0 Å². The largest absolute Gasteiger partial charge is 0.379 e. The lowest BCUT2D eigenvalue weighted by Crippen LogP contribution is -2.40. The van der Waals surface area contributed by atoms with Gasteiger partial charge in [0, 0.05) is 37.0 Å². The van der Waals surface area contributed by atoms with Crippen LogP contribution >= 0.6 is 0 Å². The van der Waals surface area contributed by atoms with Crippen LogP contribution in [0.3, 0.4) is 0 Å². The third kappa shape index (κ3) is 2.88. The molecule has 1 N–H and O–H groups in total. The molecule has 0 unspecified atom stereocenters. The molecule has 8 nitrogen and oxygen atoms in total. The standard InChI is InChI=1S/C16H17N5O3/c1-10-5-12(24-20-10)6-11-8-23-9-14(11)18-15(22)13-7-21-4-2-3-17-16(21)19-13/h2-5,7,11,14H,6,8-9H2,1H3,(H,18,22)/t11-,14+/m1/s1. The second-order valence-electron chi connectivity index (χ2n) is 5.97. The fraction of sp³-hybridized carbons (Fsp3) is 0.375. The molecule has 4 rings (SSSR count). The van der Waals surface area contributed by atoms with Crippen LogP contribution in [0, 0.1) is 12.8 Å². The average molecular weight is 327 g/mol. The summed E-state index contributed by atoms with van der Waals surface area (Å²) in [6.07, 6.45) is 5.80. The molecule has 0 aromatic carbocycles. The highest BCUT2D eigenvalue weighted by Crippen LogP contribution is 2.20. The van der Waals surface area contributed by atoms with Crippen molar-refractivity contribution in [2.45, 2.75) is 19.4 Å². The van der Waals surface area contributed by atoms with Gasteiger partial charge in [0.2, 0.25) is 5.78 Å². The molecule has 124 valence electrons. The molecule has 4 heterocycles. The highest BCUT2D eigenvalue weighted by atomic mass is 16.5. The lowest BCUT2D eigenvalue weighted by Gasteiger charge is -2.17. The molecule has 0 aliphatic carbocycles. The van der Waals surface area contributed by atoms with Crippen molar-refractivity contribution in [1.82, 2.24) is 24.8 Å². The molecule has 0 radical (unpaired) electrons. The zero-order valence-corrected chi connectivity index (χ0v) is 13.2. The van der Waals surface area contributed by atoms with Gasteiger partial charge in [0.05, 0.1) is 24.9 Å². The van der Waals surface area contributed by atoms with Gasteiger partial charge in [-0.15, -0.1) is 0 Å². The van der Waals surface area contributed by atoms with Crippen molar-refractivity contribution in [3.05, 3.63) is 47.9 Å². The zero-order chi connectivity index (χ0) is 16.5. The number of carbonyl (C=O) groups is 1. The van der Waals surface area contributed by atoms with E-state index >= 15 is 0 Å². The number of aryl methyl sites for hydroxylation is 1. The van der Waals surface area contributed by atoms with Crippen LogP contribution in [0.2, 0.25) is 0 Å². The van der Waals surface area contributed by atoms with Crippen LogP contribution in [0.1, 0.15) is 21.9 Å². The zero-order valence-electron chi connectivity index (χ0n) is 13.2. The monoisotopic (exact) mass is 327 g/mol. The summed E-state index contributed by atoms with van der Waals surface area (Å²) in [4.78, 5) is 20.8. The number of aromatic nitrogens is 4. The Morgan fingerprint density at radius 2 is 2.38 bits per heavy atom. The number of fused-ring (bicyclic) bond motifs is 1. The van der Waals surface area contributed by atoms with Crippen molar-refractivity contribution in [1.29, 1.82) is 0 Å². The average Bonchev–Trinajstić information content (AvgIpc) is 3.28. The lowest BCUT2D eigenvalue weighted by atomic mass is 9.98. The second kappa shape index (κ2) is 6.04. The Balaban J connectivity index is 1.45. The number of imidazole rings is 1. The SMILES string of the molecule is Cc1cc(C[C@@H]2COC[C@@H]2NC(=O)c2cn3cccnc3n2)on1. The molecule has 0 bridgehead atoms.